The smallest absolute Gasteiger partial charge is 0.264 e. The normalized spacial score (nSPS) is 28.3. The number of thioether (sulfide) groups is 2. The molecule has 4 heteroatoms. The zero-order valence-electron chi connectivity index (χ0n) is 3.63. The molecule has 7 heavy (non-hydrogen) atoms. The fraction of sp³-hybridized carbons (Fsp3) is 1.00. The first-order valence-electron chi connectivity index (χ1n) is 1.93. The molecule has 0 radical (unpaired) electrons. The van der Waals surface area contributed by atoms with E-state index in [1.807, 2.05) is 0 Å². The van der Waals surface area contributed by atoms with Gasteiger partial charge in [0, 0.05) is 11.5 Å². The SMILES string of the molecule is OC1(O)SCCS1. The van der Waals surface area contributed by atoms with Crippen LogP contribution in [0.1, 0.15) is 0 Å². The molecular weight excluding hydrogens is 132 g/mol. The molecule has 0 aromatic rings. The Morgan fingerprint density at radius 2 is 1.57 bits per heavy atom. The van der Waals surface area contributed by atoms with Crippen molar-refractivity contribution in [2.75, 3.05) is 11.5 Å². The van der Waals surface area contributed by atoms with Crippen molar-refractivity contribution in [1.29, 1.82) is 0 Å². The number of aliphatic hydroxyl groups is 2. The highest BCUT2D eigenvalue weighted by atomic mass is 32.2. The van der Waals surface area contributed by atoms with Gasteiger partial charge in [0.05, 0.1) is 0 Å². The molecule has 0 bridgehead atoms. The Labute approximate surface area is 50.3 Å². The average molecular weight is 138 g/mol. The van der Waals surface area contributed by atoms with Gasteiger partial charge in [-0.1, -0.05) is 23.5 Å². The third-order valence-corrected chi connectivity index (χ3v) is 3.20. The van der Waals surface area contributed by atoms with Crippen LogP contribution in [-0.4, -0.2) is 26.2 Å². The minimum atomic E-state index is -1.47. The Kier molecular flexibility index (Phi) is 1.52. The lowest BCUT2D eigenvalue weighted by Crippen LogP contribution is -2.12. The third-order valence-electron chi connectivity index (χ3n) is 0.664. The highest BCUT2D eigenvalue weighted by Gasteiger charge is 2.29. The van der Waals surface area contributed by atoms with Crippen LogP contribution in [-0.2, 0) is 0 Å². The zero-order valence-corrected chi connectivity index (χ0v) is 5.26. The second-order valence-electron chi connectivity index (χ2n) is 1.25. The molecule has 0 aromatic carbocycles. The summed E-state index contributed by atoms with van der Waals surface area (Å²) < 4.78 is -1.47. The summed E-state index contributed by atoms with van der Waals surface area (Å²) in [6, 6.07) is 0. The molecule has 0 aliphatic carbocycles. The van der Waals surface area contributed by atoms with Gasteiger partial charge in [0.25, 0.3) is 4.45 Å². The van der Waals surface area contributed by atoms with E-state index in [2.05, 4.69) is 0 Å². The van der Waals surface area contributed by atoms with Gasteiger partial charge in [0.2, 0.25) is 0 Å². The second-order valence-corrected chi connectivity index (χ2v) is 4.04. The second kappa shape index (κ2) is 1.85. The van der Waals surface area contributed by atoms with E-state index in [1.54, 1.807) is 0 Å². The van der Waals surface area contributed by atoms with Gasteiger partial charge in [-0.2, -0.15) is 0 Å². The Hall–Kier alpha value is 0.620. The third kappa shape index (κ3) is 1.53. The molecule has 2 nitrogen and oxygen atoms in total. The predicted octanol–water partition coefficient (Wildman–Crippen LogP) is 0.0623. The molecule has 0 atom stereocenters. The van der Waals surface area contributed by atoms with Crippen molar-refractivity contribution in [3.8, 4) is 0 Å². The van der Waals surface area contributed by atoms with Crippen LogP contribution < -0.4 is 0 Å². The van der Waals surface area contributed by atoms with E-state index in [0.29, 0.717) is 0 Å². The lowest BCUT2D eigenvalue weighted by Gasteiger charge is -2.08. The van der Waals surface area contributed by atoms with Gasteiger partial charge in [-0.3, -0.25) is 0 Å². The first-order chi connectivity index (χ1) is 3.21. The lowest BCUT2D eigenvalue weighted by molar-refractivity contribution is 0.00854. The fourth-order valence-electron chi connectivity index (χ4n) is 0.391. The zero-order chi connectivity index (χ0) is 5.33. The molecule has 1 saturated heterocycles. The van der Waals surface area contributed by atoms with Crippen LogP contribution in [0.5, 0.6) is 0 Å². The summed E-state index contributed by atoms with van der Waals surface area (Å²) in [5, 5.41) is 17.4. The summed E-state index contributed by atoms with van der Waals surface area (Å²) in [5.74, 6) is 1.69. The maximum absolute atomic E-state index is 8.68. The summed E-state index contributed by atoms with van der Waals surface area (Å²) >= 11 is 2.35. The Morgan fingerprint density at radius 1 is 1.14 bits per heavy atom. The van der Waals surface area contributed by atoms with Gasteiger partial charge >= 0.3 is 0 Å². The van der Waals surface area contributed by atoms with Crippen LogP contribution in [0.15, 0.2) is 0 Å². The standard InChI is InChI=1S/C3H6O2S2/c4-3(5)6-1-2-7-3/h4-5H,1-2H2. The summed E-state index contributed by atoms with van der Waals surface area (Å²) in [4.78, 5) is 0. The summed E-state index contributed by atoms with van der Waals surface area (Å²) in [6.07, 6.45) is 0. The fourth-order valence-corrected chi connectivity index (χ4v) is 2.42. The minimum Gasteiger partial charge on any atom is -0.349 e. The van der Waals surface area contributed by atoms with Crippen LogP contribution in [0, 0.1) is 0 Å². The van der Waals surface area contributed by atoms with Crippen molar-refractivity contribution in [3.63, 3.8) is 0 Å². The molecule has 0 unspecified atom stereocenters. The highest BCUT2D eigenvalue weighted by molar-refractivity contribution is 8.20. The highest BCUT2D eigenvalue weighted by Crippen LogP contribution is 2.38. The summed E-state index contributed by atoms with van der Waals surface area (Å²) in [5.41, 5.74) is 0. The summed E-state index contributed by atoms with van der Waals surface area (Å²) in [7, 11) is 0. The van der Waals surface area contributed by atoms with Crippen molar-refractivity contribution in [1.82, 2.24) is 0 Å². The van der Waals surface area contributed by atoms with Crippen molar-refractivity contribution in [2.45, 2.75) is 4.45 Å². The Balaban J connectivity index is 2.40. The van der Waals surface area contributed by atoms with Gasteiger partial charge in [-0.15, -0.1) is 0 Å². The van der Waals surface area contributed by atoms with Crippen molar-refractivity contribution in [3.05, 3.63) is 0 Å². The largest absolute Gasteiger partial charge is 0.349 e. The van der Waals surface area contributed by atoms with Gasteiger partial charge in [0.1, 0.15) is 0 Å². The van der Waals surface area contributed by atoms with E-state index in [4.69, 9.17) is 10.2 Å². The van der Waals surface area contributed by atoms with E-state index in [0.717, 1.165) is 11.5 Å². The van der Waals surface area contributed by atoms with Gasteiger partial charge in [-0.25, -0.2) is 0 Å². The van der Waals surface area contributed by atoms with Crippen LogP contribution in [0.4, 0.5) is 0 Å². The minimum absolute atomic E-state index is 0.845. The van der Waals surface area contributed by atoms with E-state index >= 15 is 0 Å². The van der Waals surface area contributed by atoms with Gasteiger partial charge in [-0.05, 0) is 0 Å². The van der Waals surface area contributed by atoms with Crippen molar-refractivity contribution in [2.24, 2.45) is 0 Å². The number of hydrogen-bond acceptors (Lipinski definition) is 4. The Bertz CT molecular complexity index is 65.3. The van der Waals surface area contributed by atoms with Gasteiger partial charge in [0.15, 0.2) is 0 Å². The van der Waals surface area contributed by atoms with E-state index in [9.17, 15) is 0 Å². The molecule has 0 spiro atoms. The van der Waals surface area contributed by atoms with Crippen LogP contribution in [0.3, 0.4) is 0 Å². The maximum atomic E-state index is 8.68. The average Bonchev–Trinajstić information content (AvgIpc) is 1.84. The molecule has 2 N–H and O–H groups in total. The van der Waals surface area contributed by atoms with Gasteiger partial charge < -0.3 is 10.2 Å². The maximum Gasteiger partial charge on any atom is 0.264 e. The predicted molar refractivity (Wildman–Crippen MR) is 32.1 cm³/mol. The van der Waals surface area contributed by atoms with E-state index in [1.165, 1.54) is 23.5 Å². The molecule has 1 heterocycles. The first kappa shape index (κ1) is 5.75. The monoisotopic (exact) mass is 138 g/mol. The molecule has 0 saturated carbocycles. The molecule has 42 valence electrons. The summed E-state index contributed by atoms with van der Waals surface area (Å²) in [6.45, 7) is 0. The number of rotatable bonds is 0. The lowest BCUT2D eigenvalue weighted by atomic mass is 11.0. The molecule has 1 aliphatic rings. The molecule has 1 rings (SSSR count). The molecule has 1 aliphatic heterocycles. The molecule has 1 fully saturated rings. The number of hydrogen-bond donors (Lipinski definition) is 2. The quantitative estimate of drug-likeness (QED) is 0.464. The van der Waals surface area contributed by atoms with Crippen LogP contribution in [0.25, 0.3) is 0 Å². The van der Waals surface area contributed by atoms with Crippen molar-refractivity contribution < 1.29 is 10.2 Å². The molecular formula is C3H6O2S2. The van der Waals surface area contributed by atoms with Crippen LogP contribution in [0.2, 0.25) is 0 Å². The molecule has 0 amide bonds. The van der Waals surface area contributed by atoms with E-state index < -0.39 is 4.45 Å². The van der Waals surface area contributed by atoms with Crippen LogP contribution >= 0.6 is 23.5 Å². The van der Waals surface area contributed by atoms with E-state index in [-0.39, 0.29) is 0 Å². The topological polar surface area (TPSA) is 40.5 Å². The molecule has 0 aromatic heterocycles. The Morgan fingerprint density at radius 3 is 1.71 bits per heavy atom. The van der Waals surface area contributed by atoms with Crippen molar-refractivity contribution >= 4 is 23.5 Å². The first-order valence-corrected chi connectivity index (χ1v) is 3.90.